The molecule has 0 bridgehead atoms. The standard InChI is InChI=1S/C30H34ClN3O4S/c1-23(30(36)32-21-25-9-14-27(31)15-10-25)34(22-26-7-3-2-4-8-26)29(35)18-13-24-11-16-28(17-12-24)39(37,38)33-19-5-6-20-33/h2-4,7-12,14-17,23H,5-6,13,18-22H2,1H3,(H,32,36). The van der Waals surface area contributed by atoms with Crippen LogP contribution in [-0.4, -0.2) is 48.6 Å². The van der Waals surface area contributed by atoms with Crippen LogP contribution in [-0.2, 0) is 39.1 Å². The first-order chi connectivity index (χ1) is 18.7. The Bertz CT molecular complexity index is 1360. The van der Waals surface area contributed by atoms with Crippen molar-refractivity contribution in [3.63, 3.8) is 0 Å². The SMILES string of the molecule is CC(C(=O)NCc1ccc(Cl)cc1)N(Cc1ccccc1)C(=O)CCc1ccc(S(=O)(=O)N2CCCC2)cc1. The molecule has 1 N–H and O–H groups in total. The lowest BCUT2D eigenvalue weighted by Crippen LogP contribution is -2.47. The summed E-state index contributed by atoms with van der Waals surface area (Å²) in [6.07, 6.45) is 2.40. The lowest BCUT2D eigenvalue weighted by atomic mass is 10.1. The molecule has 1 unspecified atom stereocenters. The van der Waals surface area contributed by atoms with Gasteiger partial charge in [-0.25, -0.2) is 8.42 Å². The van der Waals surface area contributed by atoms with Crippen LogP contribution < -0.4 is 5.32 Å². The molecule has 2 amide bonds. The van der Waals surface area contributed by atoms with E-state index in [1.54, 1.807) is 48.2 Å². The van der Waals surface area contributed by atoms with Crippen LogP contribution in [0.4, 0.5) is 0 Å². The summed E-state index contributed by atoms with van der Waals surface area (Å²) in [6.45, 7) is 3.49. The average Bonchev–Trinajstić information content (AvgIpc) is 3.51. The molecule has 1 atom stereocenters. The minimum Gasteiger partial charge on any atom is -0.350 e. The van der Waals surface area contributed by atoms with Crippen LogP contribution in [0.3, 0.4) is 0 Å². The van der Waals surface area contributed by atoms with Gasteiger partial charge in [0.25, 0.3) is 0 Å². The third kappa shape index (κ3) is 7.68. The van der Waals surface area contributed by atoms with Crippen LogP contribution in [0.2, 0.25) is 5.02 Å². The molecule has 4 rings (SSSR count). The van der Waals surface area contributed by atoms with Crippen molar-refractivity contribution in [3.05, 3.63) is 101 Å². The lowest BCUT2D eigenvalue weighted by Gasteiger charge is -2.29. The van der Waals surface area contributed by atoms with E-state index in [0.717, 1.165) is 29.5 Å². The van der Waals surface area contributed by atoms with Gasteiger partial charge in [-0.2, -0.15) is 4.31 Å². The zero-order chi connectivity index (χ0) is 27.8. The Kier molecular flexibility index (Phi) is 9.78. The molecule has 1 fully saturated rings. The summed E-state index contributed by atoms with van der Waals surface area (Å²) in [5.74, 6) is -0.396. The highest BCUT2D eigenvalue weighted by Gasteiger charge is 2.28. The average molecular weight is 568 g/mol. The van der Waals surface area contributed by atoms with Crippen molar-refractivity contribution in [2.75, 3.05) is 13.1 Å². The summed E-state index contributed by atoms with van der Waals surface area (Å²) in [5.41, 5.74) is 2.71. The van der Waals surface area contributed by atoms with Gasteiger partial charge in [-0.3, -0.25) is 9.59 Å². The number of benzene rings is 3. The highest BCUT2D eigenvalue weighted by Crippen LogP contribution is 2.22. The minimum atomic E-state index is -3.48. The minimum absolute atomic E-state index is 0.151. The number of hydrogen-bond acceptors (Lipinski definition) is 4. The summed E-state index contributed by atoms with van der Waals surface area (Å²) in [6, 6.07) is 22.9. The Morgan fingerprint density at radius 2 is 1.51 bits per heavy atom. The summed E-state index contributed by atoms with van der Waals surface area (Å²) in [5, 5.41) is 3.55. The summed E-state index contributed by atoms with van der Waals surface area (Å²) < 4.78 is 27.1. The summed E-state index contributed by atoms with van der Waals surface area (Å²) in [4.78, 5) is 28.3. The summed E-state index contributed by atoms with van der Waals surface area (Å²) in [7, 11) is -3.48. The first-order valence-corrected chi connectivity index (χ1v) is 15.0. The third-order valence-electron chi connectivity index (χ3n) is 7.00. The Morgan fingerprint density at radius 1 is 0.897 bits per heavy atom. The number of nitrogens with one attached hydrogen (secondary N) is 1. The van der Waals surface area contributed by atoms with Crippen LogP contribution >= 0.6 is 11.6 Å². The fourth-order valence-electron chi connectivity index (χ4n) is 4.60. The van der Waals surface area contributed by atoms with Gasteiger partial charge in [0.15, 0.2) is 0 Å². The van der Waals surface area contributed by atoms with Gasteiger partial charge >= 0.3 is 0 Å². The number of hydrogen-bond donors (Lipinski definition) is 1. The number of nitrogens with zero attached hydrogens (tertiary/aromatic N) is 2. The smallest absolute Gasteiger partial charge is 0.243 e. The van der Waals surface area contributed by atoms with Crippen LogP contribution in [0.15, 0.2) is 83.8 Å². The molecule has 9 heteroatoms. The third-order valence-corrected chi connectivity index (χ3v) is 9.16. The molecule has 0 saturated carbocycles. The van der Waals surface area contributed by atoms with E-state index in [9.17, 15) is 18.0 Å². The molecule has 1 aliphatic rings. The van der Waals surface area contributed by atoms with Crippen molar-refractivity contribution in [1.29, 1.82) is 0 Å². The predicted octanol–water partition coefficient (Wildman–Crippen LogP) is 4.79. The first-order valence-electron chi connectivity index (χ1n) is 13.2. The molecule has 0 radical (unpaired) electrons. The second kappa shape index (κ2) is 13.2. The van der Waals surface area contributed by atoms with Crippen LogP contribution in [0.25, 0.3) is 0 Å². The van der Waals surface area contributed by atoms with Gasteiger partial charge in [-0.15, -0.1) is 0 Å². The monoisotopic (exact) mass is 567 g/mol. The molecule has 1 heterocycles. The van der Waals surface area contributed by atoms with Crippen molar-refractivity contribution in [1.82, 2.24) is 14.5 Å². The maximum Gasteiger partial charge on any atom is 0.243 e. The molecule has 1 saturated heterocycles. The van der Waals surface area contributed by atoms with E-state index in [2.05, 4.69) is 5.32 Å². The van der Waals surface area contributed by atoms with Gasteiger partial charge in [0.1, 0.15) is 6.04 Å². The second-order valence-corrected chi connectivity index (χ2v) is 12.2. The highest BCUT2D eigenvalue weighted by molar-refractivity contribution is 7.89. The zero-order valence-corrected chi connectivity index (χ0v) is 23.6. The number of carbonyl (C=O) groups excluding carboxylic acids is 2. The highest BCUT2D eigenvalue weighted by atomic mass is 35.5. The van der Waals surface area contributed by atoms with Crippen molar-refractivity contribution < 1.29 is 18.0 Å². The van der Waals surface area contributed by atoms with Gasteiger partial charge in [0, 0.05) is 37.6 Å². The fraction of sp³-hybridized carbons (Fsp3) is 0.333. The Balaban J connectivity index is 1.40. The molecule has 206 valence electrons. The van der Waals surface area contributed by atoms with Crippen LogP contribution in [0, 0.1) is 0 Å². The number of sulfonamides is 1. The lowest BCUT2D eigenvalue weighted by molar-refractivity contribution is -0.140. The molecule has 3 aromatic rings. The largest absolute Gasteiger partial charge is 0.350 e. The molecule has 39 heavy (non-hydrogen) atoms. The van der Waals surface area contributed by atoms with Gasteiger partial charge in [0.2, 0.25) is 21.8 Å². The van der Waals surface area contributed by atoms with Crippen molar-refractivity contribution >= 4 is 33.4 Å². The van der Waals surface area contributed by atoms with Crippen LogP contribution in [0.5, 0.6) is 0 Å². The molecule has 7 nitrogen and oxygen atoms in total. The van der Waals surface area contributed by atoms with E-state index in [4.69, 9.17) is 11.6 Å². The Hall–Kier alpha value is -3.20. The number of halogens is 1. The normalized spacial score (nSPS) is 14.6. The molecule has 0 spiro atoms. The van der Waals surface area contributed by atoms with Gasteiger partial charge < -0.3 is 10.2 Å². The van der Waals surface area contributed by atoms with Crippen molar-refractivity contribution in [2.24, 2.45) is 0 Å². The van der Waals surface area contributed by atoms with Crippen molar-refractivity contribution in [3.8, 4) is 0 Å². The molecule has 3 aromatic carbocycles. The van der Waals surface area contributed by atoms with E-state index in [1.807, 2.05) is 42.5 Å². The maximum absolute atomic E-state index is 13.4. The molecule has 0 aliphatic carbocycles. The first kappa shape index (κ1) is 28.8. The Labute approximate surface area is 235 Å². The molecular weight excluding hydrogens is 534 g/mol. The van der Waals surface area contributed by atoms with Crippen LogP contribution in [0.1, 0.15) is 42.9 Å². The topological polar surface area (TPSA) is 86.8 Å². The maximum atomic E-state index is 13.4. The van der Waals surface area contributed by atoms with Gasteiger partial charge in [-0.05, 0) is 67.1 Å². The van der Waals surface area contributed by atoms with E-state index >= 15 is 0 Å². The number of rotatable bonds is 11. The summed E-state index contributed by atoms with van der Waals surface area (Å²) >= 11 is 5.95. The number of amides is 2. The van der Waals surface area contributed by atoms with E-state index < -0.39 is 16.1 Å². The predicted molar refractivity (Wildman–Crippen MR) is 153 cm³/mol. The zero-order valence-electron chi connectivity index (χ0n) is 22.1. The van der Waals surface area contributed by atoms with E-state index in [1.165, 1.54) is 4.31 Å². The molecule has 1 aliphatic heterocycles. The Morgan fingerprint density at radius 3 is 2.15 bits per heavy atom. The van der Waals surface area contributed by atoms with Gasteiger partial charge in [0.05, 0.1) is 4.90 Å². The van der Waals surface area contributed by atoms with E-state index in [0.29, 0.717) is 37.6 Å². The fourth-order valence-corrected chi connectivity index (χ4v) is 6.25. The van der Waals surface area contributed by atoms with E-state index in [-0.39, 0.29) is 23.1 Å². The van der Waals surface area contributed by atoms with Gasteiger partial charge in [-0.1, -0.05) is 66.2 Å². The molecule has 0 aromatic heterocycles. The quantitative estimate of drug-likeness (QED) is 0.361. The number of carbonyl (C=O) groups is 2. The number of aryl methyl sites for hydroxylation is 1. The molecular formula is C30H34ClN3O4S. The van der Waals surface area contributed by atoms with Crippen molar-refractivity contribution in [2.45, 2.75) is 56.6 Å². The second-order valence-electron chi connectivity index (χ2n) is 9.78.